The van der Waals surface area contributed by atoms with E-state index in [1.807, 2.05) is 0 Å². The van der Waals surface area contributed by atoms with Crippen LogP contribution in [0.25, 0.3) is 0 Å². The van der Waals surface area contributed by atoms with Gasteiger partial charge in [0.1, 0.15) is 5.82 Å². The Hall–Kier alpha value is -1.82. The average molecular weight is 253 g/mol. The minimum atomic E-state index is -1.04. The number of carboxylic acid groups (broad SMARTS) is 1. The van der Waals surface area contributed by atoms with Gasteiger partial charge in [-0.25, -0.2) is 9.78 Å². The lowest BCUT2D eigenvalue weighted by Crippen LogP contribution is -2.08. The zero-order valence-corrected chi connectivity index (χ0v) is 10.5. The topological polar surface area (TPSA) is 97.5 Å². The normalized spacial score (nSPS) is 10.3. The Morgan fingerprint density at radius 3 is 2.94 bits per heavy atom. The van der Waals surface area contributed by atoms with E-state index in [4.69, 9.17) is 15.6 Å². The van der Waals surface area contributed by atoms with Crippen molar-refractivity contribution in [3.05, 3.63) is 17.8 Å². The highest BCUT2D eigenvalue weighted by Gasteiger charge is 2.09. The zero-order chi connectivity index (χ0) is 13.4. The van der Waals surface area contributed by atoms with Crippen LogP contribution < -0.4 is 11.1 Å². The lowest BCUT2D eigenvalue weighted by Gasteiger charge is -2.07. The van der Waals surface area contributed by atoms with E-state index in [-0.39, 0.29) is 11.3 Å². The summed E-state index contributed by atoms with van der Waals surface area (Å²) in [5, 5.41) is 12.0. The van der Waals surface area contributed by atoms with Crippen molar-refractivity contribution in [1.29, 1.82) is 0 Å². The Bertz CT molecular complexity index is 396. The van der Waals surface area contributed by atoms with Crippen molar-refractivity contribution in [1.82, 2.24) is 4.98 Å². The number of rotatable bonds is 8. The molecule has 0 unspecified atom stereocenters. The highest BCUT2D eigenvalue weighted by Crippen LogP contribution is 2.14. The summed E-state index contributed by atoms with van der Waals surface area (Å²) in [5.41, 5.74) is 5.77. The first-order valence-corrected chi connectivity index (χ1v) is 5.86. The second-order valence-corrected chi connectivity index (χ2v) is 3.94. The van der Waals surface area contributed by atoms with Crippen molar-refractivity contribution in [3.8, 4) is 0 Å². The molecule has 1 aromatic rings. The van der Waals surface area contributed by atoms with E-state index >= 15 is 0 Å². The Morgan fingerprint density at radius 2 is 2.28 bits per heavy atom. The number of carbonyl (C=O) groups is 1. The fraction of sp³-hybridized carbons (Fsp3) is 0.500. The van der Waals surface area contributed by atoms with Crippen molar-refractivity contribution in [3.63, 3.8) is 0 Å². The Labute approximate surface area is 106 Å². The summed E-state index contributed by atoms with van der Waals surface area (Å²) in [6.07, 6.45) is 4.42. The van der Waals surface area contributed by atoms with Gasteiger partial charge in [-0.3, -0.25) is 0 Å². The molecule has 0 amide bonds. The van der Waals surface area contributed by atoms with E-state index in [2.05, 4.69) is 10.3 Å². The molecule has 1 rings (SSSR count). The van der Waals surface area contributed by atoms with E-state index < -0.39 is 5.97 Å². The predicted octanol–water partition coefficient (Wildman–Crippen LogP) is 1.59. The number of nitrogen functional groups attached to an aromatic ring is 1. The standard InChI is InChI=1S/C12H19N3O3/c1-18-6-4-2-3-5-14-11-7-9(12(16)17)10(13)8-15-11/h7-8H,2-6,13H2,1H3,(H,14,15)(H,16,17). The molecule has 4 N–H and O–H groups in total. The Kier molecular flexibility index (Phi) is 5.93. The first-order valence-electron chi connectivity index (χ1n) is 5.86. The van der Waals surface area contributed by atoms with Gasteiger partial charge in [0.25, 0.3) is 0 Å². The van der Waals surface area contributed by atoms with Crippen LogP contribution in [0.4, 0.5) is 11.5 Å². The second-order valence-electron chi connectivity index (χ2n) is 3.94. The minimum absolute atomic E-state index is 0.0758. The third-order valence-electron chi connectivity index (χ3n) is 2.50. The molecule has 0 aliphatic heterocycles. The van der Waals surface area contributed by atoms with Crippen LogP contribution in [0.3, 0.4) is 0 Å². The third kappa shape index (κ3) is 4.58. The molecule has 18 heavy (non-hydrogen) atoms. The van der Waals surface area contributed by atoms with E-state index in [0.717, 1.165) is 32.4 Å². The van der Waals surface area contributed by atoms with Crippen LogP contribution in [0.1, 0.15) is 29.6 Å². The number of anilines is 2. The molecule has 0 aliphatic carbocycles. The summed E-state index contributed by atoms with van der Waals surface area (Å²) in [6.45, 7) is 1.52. The van der Waals surface area contributed by atoms with Crippen LogP contribution in [0, 0.1) is 0 Å². The number of carboxylic acids is 1. The Morgan fingerprint density at radius 1 is 1.50 bits per heavy atom. The van der Waals surface area contributed by atoms with E-state index in [1.165, 1.54) is 12.3 Å². The molecule has 0 saturated carbocycles. The lowest BCUT2D eigenvalue weighted by molar-refractivity contribution is 0.0698. The van der Waals surface area contributed by atoms with Crippen LogP contribution in [0.15, 0.2) is 12.3 Å². The zero-order valence-electron chi connectivity index (χ0n) is 10.5. The van der Waals surface area contributed by atoms with Crippen LogP contribution >= 0.6 is 0 Å². The first kappa shape index (κ1) is 14.2. The van der Waals surface area contributed by atoms with E-state index in [0.29, 0.717) is 5.82 Å². The van der Waals surface area contributed by atoms with Gasteiger partial charge in [0.05, 0.1) is 17.4 Å². The van der Waals surface area contributed by atoms with E-state index in [1.54, 1.807) is 7.11 Å². The van der Waals surface area contributed by atoms with Crippen molar-refractivity contribution in [2.45, 2.75) is 19.3 Å². The lowest BCUT2D eigenvalue weighted by atomic mass is 10.2. The number of nitrogens with one attached hydrogen (secondary N) is 1. The smallest absolute Gasteiger partial charge is 0.337 e. The molecule has 1 aromatic heterocycles. The maximum Gasteiger partial charge on any atom is 0.337 e. The summed E-state index contributed by atoms with van der Waals surface area (Å²) in [7, 11) is 1.68. The van der Waals surface area contributed by atoms with Gasteiger partial charge in [0, 0.05) is 20.3 Å². The van der Waals surface area contributed by atoms with Crippen LogP contribution in [0.2, 0.25) is 0 Å². The number of hydrogen-bond acceptors (Lipinski definition) is 5. The quantitative estimate of drug-likeness (QED) is 0.609. The monoisotopic (exact) mass is 253 g/mol. The molecule has 6 nitrogen and oxygen atoms in total. The number of nitrogens with two attached hydrogens (primary N) is 1. The molecule has 6 heteroatoms. The molecular weight excluding hydrogens is 234 g/mol. The van der Waals surface area contributed by atoms with Crippen molar-refractivity contribution in [2.24, 2.45) is 0 Å². The molecular formula is C12H19N3O3. The summed E-state index contributed by atoms with van der Waals surface area (Å²) in [5.74, 6) is -0.508. The van der Waals surface area contributed by atoms with Gasteiger partial charge in [-0.1, -0.05) is 0 Å². The second kappa shape index (κ2) is 7.50. The van der Waals surface area contributed by atoms with Crippen LogP contribution in [-0.2, 0) is 4.74 Å². The minimum Gasteiger partial charge on any atom is -0.478 e. The fourth-order valence-electron chi connectivity index (χ4n) is 1.51. The molecule has 0 radical (unpaired) electrons. The highest BCUT2D eigenvalue weighted by atomic mass is 16.5. The summed E-state index contributed by atoms with van der Waals surface area (Å²) in [6, 6.07) is 1.45. The largest absolute Gasteiger partial charge is 0.478 e. The van der Waals surface area contributed by atoms with Crippen molar-refractivity contribution in [2.75, 3.05) is 31.3 Å². The molecule has 0 fully saturated rings. The SMILES string of the molecule is COCCCCCNc1cc(C(=O)O)c(N)cn1. The van der Waals surface area contributed by atoms with Gasteiger partial charge >= 0.3 is 5.97 Å². The number of unbranched alkanes of at least 4 members (excludes halogenated alkanes) is 2. The van der Waals surface area contributed by atoms with Gasteiger partial charge in [-0.2, -0.15) is 0 Å². The molecule has 0 atom stereocenters. The van der Waals surface area contributed by atoms with Crippen molar-refractivity contribution >= 4 is 17.5 Å². The van der Waals surface area contributed by atoms with Gasteiger partial charge in [-0.15, -0.1) is 0 Å². The summed E-state index contributed by atoms with van der Waals surface area (Å²) < 4.78 is 4.95. The summed E-state index contributed by atoms with van der Waals surface area (Å²) in [4.78, 5) is 14.9. The molecule has 0 spiro atoms. The van der Waals surface area contributed by atoms with Crippen LogP contribution in [-0.4, -0.2) is 36.3 Å². The first-order chi connectivity index (χ1) is 8.65. The number of aromatic carboxylic acids is 1. The van der Waals surface area contributed by atoms with Gasteiger partial charge in [-0.05, 0) is 25.3 Å². The number of aromatic nitrogens is 1. The van der Waals surface area contributed by atoms with Crippen molar-refractivity contribution < 1.29 is 14.6 Å². The summed E-state index contributed by atoms with van der Waals surface area (Å²) >= 11 is 0. The third-order valence-corrected chi connectivity index (χ3v) is 2.50. The number of ether oxygens (including phenoxy) is 1. The predicted molar refractivity (Wildman–Crippen MR) is 69.8 cm³/mol. The molecule has 0 bridgehead atoms. The maximum absolute atomic E-state index is 10.9. The van der Waals surface area contributed by atoms with Gasteiger partial charge in [0.15, 0.2) is 0 Å². The highest BCUT2D eigenvalue weighted by molar-refractivity contribution is 5.94. The van der Waals surface area contributed by atoms with Crippen LogP contribution in [0.5, 0.6) is 0 Å². The van der Waals surface area contributed by atoms with E-state index in [9.17, 15) is 4.79 Å². The molecule has 0 aromatic carbocycles. The fourth-order valence-corrected chi connectivity index (χ4v) is 1.51. The molecule has 100 valence electrons. The molecule has 0 aliphatic rings. The number of nitrogens with zero attached hydrogens (tertiary/aromatic N) is 1. The maximum atomic E-state index is 10.9. The van der Waals surface area contributed by atoms with Gasteiger partial charge in [0.2, 0.25) is 0 Å². The molecule has 1 heterocycles. The molecule has 0 saturated heterocycles. The van der Waals surface area contributed by atoms with Gasteiger partial charge < -0.3 is 20.9 Å². The average Bonchev–Trinajstić information content (AvgIpc) is 2.35. The number of hydrogen-bond donors (Lipinski definition) is 3. The number of methoxy groups -OCH3 is 1. The number of pyridine rings is 1. The Balaban J connectivity index is 2.38.